The summed E-state index contributed by atoms with van der Waals surface area (Å²) in [6.07, 6.45) is 0. The Balaban J connectivity index is 1.84. The molecule has 0 fully saturated rings. The summed E-state index contributed by atoms with van der Waals surface area (Å²) in [5.74, 6) is 0.937. The van der Waals surface area contributed by atoms with Crippen LogP contribution in [0.1, 0.15) is 11.1 Å². The number of para-hydroxylation sites is 1. The van der Waals surface area contributed by atoms with Crippen LogP contribution in [0.25, 0.3) is 0 Å². The fourth-order valence-corrected chi connectivity index (χ4v) is 2.04. The molecule has 0 unspecified atom stereocenters. The largest absolute Gasteiger partial charge is 0.491 e. The van der Waals surface area contributed by atoms with Crippen LogP contribution in [0.3, 0.4) is 0 Å². The molecule has 3 heteroatoms. The van der Waals surface area contributed by atoms with Crippen LogP contribution in [-0.4, -0.2) is 13.2 Å². The van der Waals surface area contributed by atoms with Gasteiger partial charge >= 0.3 is 0 Å². The van der Waals surface area contributed by atoms with E-state index in [1.807, 2.05) is 56.3 Å². The van der Waals surface area contributed by atoms with Crippen LogP contribution in [0.5, 0.6) is 5.75 Å². The maximum atomic E-state index is 6.07. The van der Waals surface area contributed by atoms with E-state index < -0.39 is 0 Å². The fraction of sp³-hybridized carbons (Fsp3) is 0.250. The lowest BCUT2D eigenvalue weighted by Crippen LogP contribution is -2.12. The average Bonchev–Trinajstić information content (AvgIpc) is 2.41. The summed E-state index contributed by atoms with van der Waals surface area (Å²) in [7, 11) is 0. The Hall–Kier alpha value is -1.67. The van der Waals surface area contributed by atoms with Crippen molar-refractivity contribution in [1.82, 2.24) is 0 Å². The summed E-state index contributed by atoms with van der Waals surface area (Å²) in [5, 5.41) is 4.12. The third-order valence-corrected chi connectivity index (χ3v) is 3.45. The van der Waals surface area contributed by atoms with Gasteiger partial charge < -0.3 is 10.1 Å². The first-order valence-corrected chi connectivity index (χ1v) is 6.73. The summed E-state index contributed by atoms with van der Waals surface area (Å²) in [6, 6.07) is 13.9. The van der Waals surface area contributed by atoms with Crippen molar-refractivity contribution in [3.8, 4) is 5.75 Å². The van der Waals surface area contributed by atoms with Crippen LogP contribution >= 0.6 is 11.6 Å². The normalized spacial score (nSPS) is 10.3. The highest BCUT2D eigenvalue weighted by Gasteiger charge is 2.01. The summed E-state index contributed by atoms with van der Waals surface area (Å²) in [5.41, 5.74) is 3.28. The number of benzene rings is 2. The summed E-state index contributed by atoms with van der Waals surface area (Å²) >= 11 is 6.07. The highest BCUT2D eigenvalue weighted by Crippen LogP contribution is 2.22. The minimum Gasteiger partial charge on any atom is -0.491 e. The fourth-order valence-electron chi connectivity index (χ4n) is 1.86. The van der Waals surface area contributed by atoms with Crippen LogP contribution < -0.4 is 10.1 Å². The standard InChI is InChI=1S/C16H18ClNO/c1-12-6-3-4-9-16(12)19-11-10-18-15-8-5-7-14(17)13(15)2/h3-9,18H,10-11H2,1-2H3. The van der Waals surface area contributed by atoms with Crippen LogP contribution in [0.15, 0.2) is 42.5 Å². The molecule has 0 radical (unpaired) electrons. The predicted molar refractivity (Wildman–Crippen MR) is 81.4 cm³/mol. The zero-order valence-corrected chi connectivity index (χ0v) is 12.0. The summed E-state index contributed by atoms with van der Waals surface area (Å²) < 4.78 is 5.73. The molecule has 19 heavy (non-hydrogen) atoms. The maximum absolute atomic E-state index is 6.07. The quantitative estimate of drug-likeness (QED) is 0.814. The molecule has 0 saturated carbocycles. The molecule has 0 spiro atoms. The lowest BCUT2D eigenvalue weighted by atomic mass is 10.2. The van der Waals surface area contributed by atoms with Gasteiger partial charge in [-0.1, -0.05) is 35.9 Å². The van der Waals surface area contributed by atoms with Crippen molar-refractivity contribution < 1.29 is 4.74 Å². The van der Waals surface area contributed by atoms with Gasteiger partial charge in [0.15, 0.2) is 0 Å². The molecule has 0 amide bonds. The molecule has 1 N–H and O–H groups in total. The first-order chi connectivity index (χ1) is 9.18. The molecular weight excluding hydrogens is 258 g/mol. The van der Waals surface area contributed by atoms with E-state index in [1.54, 1.807) is 0 Å². The first kappa shape index (κ1) is 13.8. The second kappa shape index (κ2) is 6.48. The minimum absolute atomic E-state index is 0.622. The van der Waals surface area contributed by atoms with Gasteiger partial charge in [0.25, 0.3) is 0 Å². The molecule has 2 rings (SSSR count). The van der Waals surface area contributed by atoms with E-state index in [2.05, 4.69) is 5.32 Å². The number of rotatable bonds is 5. The topological polar surface area (TPSA) is 21.3 Å². The van der Waals surface area contributed by atoms with Crippen LogP contribution in [0.2, 0.25) is 5.02 Å². The van der Waals surface area contributed by atoms with E-state index >= 15 is 0 Å². The molecule has 0 heterocycles. The lowest BCUT2D eigenvalue weighted by molar-refractivity contribution is 0.330. The van der Waals surface area contributed by atoms with Gasteiger partial charge in [0.05, 0.1) is 0 Å². The number of aryl methyl sites for hydroxylation is 1. The number of hydrogen-bond donors (Lipinski definition) is 1. The number of halogens is 1. The van der Waals surface area contributed by atoms with Crippen molar-refractivity contribution >= 4 is 17.3 Å². The molecule has 0 aliphatic carbocycles. The van der Waals surface area contributed by atoms with Crippen molar-refractivity contribution in [2.75, 3.05) is 18.5 Å². The number of ether oxygens (including phenoxy) is 1. The van der Waals surface area contributed by atoms with E-state index in [9.17, 15) is 0 Å². The molecule has 2 aromatic rings. The van der Waals surface area contributed by atoms with Gasteiger partial charge in [0.2, 0.25) is 0 Å². The zero-order valence-electron chi connectivity index (χ0n) is 11.2. The van der Waals surface area contributed by atoms with E-state index in [0.717, 1.165) is 34.1 Å². The number of anilines is 1. The number of nitrogens with one attached hydrogen (secondary N) is 1. The molecular formula is C16H18ClNO. The van der Waals surface area contributed by atoms with Gasteiger partial charge in [-0.3, -0.25) is 0 Å². The van der Waals surface area contributed by atoms with Crippen LogP contribution in [0, 0.1) is 13.8 Å². The highest BCUT2D eigenvalue weighted by molar-refractivity contribution is 6.31. The smallest absolute Gasteiger partial charge is 0.122 e. The Bertz CT molecular complexity index is 554. The highest BCUT2D eigenvalue weighted by atomic mass is 35.5. The van der Waals surface area contributed by atoms with Crippen molar-refractivity contribution in [2.45, 2.75) is 13.8 Å². The molecule has 100 valence electrons. The summed E-state index contributed by atoms with van der Waals surface area (Å²) in [4.78, 5) is 0. The number of hydrogen-bond acceptors (Lipinski definition) is 2. The van der Waals surface area contributed by atoms with Crippen molar-refractivity contribution in [2.24, 2.45) is 0 Å². The molecule has 0 atom stereocenters. The monoisotopic (exact) mass is 275 g/mol. The van der Waals surface area contributed by atoms with Crippen molar-refractivity contribution in [3.05, 3.63) is 58.6 Å². The molecule has 0 aliphatic heterocycles. The van der Waals surface area contributed by atoms with Gasteiger partial charge in [-0.05, 0) is 43.2 Å². The summed E-state index contributed by atoms with van der Waals surface area (Å²) in [6.45, 7) is 5.42. The molecule has 2 nitrogen and oxygen atoms in total. The molecule has 0 saturated heterocycles. The van der Waals surface area contributed by atoms with Crippen LogP contribution in [0.4, 0.5) is 5.69 Å². The molecule has 0 bridgehead atoms. The Labute approximate surface area is 119 Å². The van der Waals surface area contributed by atoms with Crippen molar-refractivity contribution in [1.29, 1.82) is 0 Å². The van der Waals surface area contributed by atoms with Crippen LogP contribution in [-0.2, 0) is 0 Å². The van der Waals surface area contributed by atoms with E-state index in [0.29, 0.717) is 6.61 Å². The van der Waals surface area contributed by atoms with E-state index in [-0.39, 0.29) is 0 Å². The Kier molecular flexibility index (Phi) is 4.69. The van der Waals surface area contributed by atoms with E-state index in [4.69, 9.17) is 16.3 Å². The maximum Gasteiger partial charge on any atom is 0.122 e. The second-order valence-electron chi connectivity index (χ2n) is 4.45. The SMILES string of the molecule is Cc1ccccc1OCCNc1cccc(Cl)c1C. The molecule has 0 aliphatic rings. The van der Waals surface area contributed by atoms with Gasteiger partial charge in [0.1, 0.15) is 12.4 Å². The second-order valence-corrected chi connectivity index (χ2v) is 4.86. The van der Waals surface area contributed by atoms with Gasteiger partial charge in [-0.25, -0.2) is 0 Å². The Morgan fingerprint density at radius 2 is 1.84 bits per heavy atom. The first-order valence-electron chi connectivity index (χ1n) is 6.36. The molecule has 2 aromatic carbocycles. The molecule has 0 aromatic heterocycles. The third kappa shape index (κ3) is 3.65. The Morgan fingerprint density at radius 1 is 1.05 bits per heavy atom. The van der Waals surface area contributed by atoms with Gasteiger partial charge in [-0.2, -0.15) is 0 Å². The predicted octanol–water partition coefficient (Wildman–Crippen LogP) is 4.45. The zero-order chi connectivity index (χ0) is 13.7. The van der Waals surface area contributed by atoms with Gasteiger partial charge in [-0.15, -0.1) is 0 Å². The lowest BCUT2D eigenvalue weighted by Gasteiger charge is -2.12. The van der Waals surface area contributed by atoms with Crippen molar-refractivity contribution in [3.63, 3.8) is 0 Å². The third-order valence-electron chi connectivity index (χ3n) is 3.04. The Morgan fingerprint density at radius 3 is 2.63 bits per heavy atom. The van der Waals surface area contributed by atoms with E-state index in [1.165, 1.54) is 0 Å². The minimum atomic E-state index is 0.622. The average molecular weight is 276 g/mol. The van der Waals surface area contributed by atoms with Gasteiger partial charge in [0, 0.05) is 17.3 Å².